The number of carbonyl (C=O) groups is 5. The highest BCUT2D eigenvalue weighted by Crippen LogP contribution is 2.22. The second-order valence-electron chi connectivity index (χ2n) is 23.7. The normalized spacial score (nSPS) is 9.82. The zero-order chi connectivity index (χ0) is 84.8. The molecule has 596 valence electrons. The molecule has 0 saturated carbocycles. The Morgan fingerprint density at radius 3 is 1.56 bits per heavy atom. The predicted molar refractivity (Wildman–Crippen MR) is 463 cm³/mol. The standard InChI is InChI=1S/C27H22N8O3.C27H20N6O2.C26H19N5O.6C2H6/c1-33(2)17-25-28-11-12-34(25)22-8-4-7-21(15-22)30-26(36)19-6-3-5-18(13-19)9-10-23-31-32-24-14-20(27(37)38)16-29-35(23)24;1-28-27(35)24-16-33(18-30-24)22-9-5-8-21(15-22)31-26(34)20-7-4-6-19(14-20)12-13-32-17-29-23-10-2-3-11-25(23)32;1-19-7-4-12-24-28-29-25(31(19)24)14-13-20-8-5-9-21(17-20)26(32)27-22-10-6-11-23(18-22)30-15-2-3-16-30;6*1-2/h3-8,11-16H,17H2,1-2H3,(H,30,36)(H,37,38);2-11,14-18H,1H3,(H2,28,31,34,35);2-12,15-18H,1H3,(H,27,32);6*1-2H3/p+1. The van der Waals surface area contributed by atoms with E-state index in [1.54, 1.807) is 97.3 Å². The minimum atomic E-state index is -1.10. The van der Waals surface area contributed by atoms with Crippen molar-refractivity contribution in [3.63, 3.8) is 0 Å². The van der Waals surface area contributed by atoms with Crippen LogP contribution in [0.2, 0.25) is 0 Å². The fourth-order valence-electron chi connectivity index (χ4n) is 10.9. The van der Waals surface area contributed by atoms with E-state index in [-0.39, 0.29) is 40.7 Å². The van der Waals surface area contributed by atoms with Crippen LogP contribution in [0.1, 0.15) is 175 Å². The number of carboxylic acids is 1. The third-order valence-electron chi connectivity index (χ3n) is 16.0. The first-order valence-electron chi connectivity index (χ1n) is 38.6. The number of nitrogens with zero attached hydrogens (tertiary/aromatic N) is 14. The van der Waals surface area contributed by atoms with Gasteiger partial charge in [-0.1, -0.05) is 150 Å². The molecule has 0 atom stereocenters. The molecule has 15 rings (SSSR count). The maximum atomic E-state index is 13.0. The van der Waals surface area contributed by atoms with Crippen molar-refractivity contribution in [1.29, 1.82) is 0 Å². The number of benzene rings is 7. The fraction of sp³-hybridized carbons (Fsp3) is 0.185. The number of carbonyl (C=O) groups excluding carboxylic acids is 4. The molecule has 0 aliphatic heterocycles. The van der Waals surface area contributed by atoms with Crippen molar-refractivity contribution in [3.8, 4) is 52.7 Å². The van der Waals surface area contributed by atoms with Gasteiger partial charge in [-0.05, 0) is 184 Å². The summed E-state index contributed by atoms with van der Waals surface area (Å²) in [5.41, 5.74) is 12.5. The van der Waals surface area contributed by atoms with Crippen molar-refractivity contribution in [3.05, 3.63) is 324 Å². The van der Waals surface area contributed by atoms with E-state index in [4.69, 9.17) is 5.11 Å². The van der Waals surface area contributed by atoms with Gasteiger partial charge in [-0.15, -0.1) is 25.0 Å². The SMILES string of the molecule is CC.CC.CC.CC.CC.CC.CN(C)Cc1nccn1-c1cccc(NC(=O)c2cccc(C#Cc3nnc4cc(C(=O)O)cnn34)c2)c1.CNC(=O)c1cn(-c2cccc(NC(=O)c3cccc(C#C[n+]4c[nH]c5ccccc54)c3)c2)cn1.Cc1cccc2nnc(C#Cc3cccc(C(=O)Nc4cccc(-n5cccc5)c4)c3)n12. The number of rotatable bonds is 13. The number of aromatic amines is 1. The number of hydrogen-bond donors (Lipinski definition) is 6. The Hall–Kier alpha value is -15.1. The number of imidazole rings is 3. The van der Waals surface area contributed by atoms with Crippen LogP contribution in [0.5, 0.6) is 0 Å². The van der Waals surface area contributed by atoms with E-state index in [0.717, 1.165) is 62.1 Å². The zero-order valence-electron chi connectivity index (χ0n) is 68.7. The van der Waals surface area contributed by atoms with Gasteiger partial charge in [0.1, 0.15) is 23.9 Å². The van der Waals surface area contributed by atoms with E-state index >= 15 is 0 Å². The topological polar surface area (TPSA) is 290 Å². The maximum absolute atomic E-state index is 13.0. The predicted octanol–water partition coefficient (Wildman–Crippen LogP) is 16.5. The van der Waals surface area contributed by atoms with Gasteiger partial charge in [0.05, 0.1) is 18.3 Å². The number of aryl methyl sites for hydroxylation is 1. The van der Waals surface area contributed by atoms with Gasteiger partial charge in [-0.2, -0.15) is 9.61 Å². The Morgan fingerprint density at radius 2 is 0.991 bits per heavy atom. The summed E-state index contributed by atoms with van der Waals surface area (Å²) in [4.78, 5) is 75.4. The number of hydrogen-bond acceptors (Lipinski definition) is 13. The number of anilines is 3. The van der Waals surface area contributed by atoms with E-state index in [0.29, 0.717) is 51.7 Å². The van der Waals surface area contributed by atoms with E-state index < -0.39 is 5.97 Å². The largest absolute Gasteiger partial charge is 0.478 e. The molecule has 8 aromatic heterocycles. The molecule has 7 aromatic carbocycles. The van der Waals surface area contributed by atoms with E-state index in [1.165, 1.54) is 16.8 Å². The third-order valence-corrected chi connectivity index (χ3v) is 16.0. The van der Waals surface area contributed by atoms with Gasteiger partial charge >= 0.3 is 5.97 Å². The van der Waals surface area contributed by atoms with Crippen LogP contribution in [-0.4, -0.2) is 124 Å². The van der Waals surface area contributed by atoms with Crippen molar-refractivity contribution in [2.45, 2.75) is 96.6 Å². The molecule has 25 nitrogen and oxygen atoms in total. The highest BCUT2D eigenvalue weighted by molar-refractivity contribution is 6.06. The third kappa shape index (κ3) is 24.4. The lowest BCUT2D eigenvalue weighted by molar-refractivity contribution is -0.554. The number of carboxylic acid groups (broad SMARTS) is 1. The molecule has 8 heterocycles. The van der Waals surface area contributed by atoms with Crippen molar-refractivity contribution in [2.24, 2.45) is 0 Å². The van der Waals surface area contributed by atoms with E-state index in [9.17, 15) is 24.0 Å². The molecule has 0 unspecified atom stereocenters. The Labute approximate surface area is 682 Å². The van der Waals surface area contributed by atoms with E-state index in [1.807, 2.05) is 285 Å². The Balaban J connectivity index is 0.000000228. The first-order chi connectivity index (χ1) is 57.1. The summed E-state index contributed by atoms with van der Waals surface area (Å²) in [6.07, 6.45) is 13.8. The lowest BCUT2D eigenvalue weighted by atomic mass is 10.1. The van der Waals surface area contributed by atoms with Crippen LogP contribution < -0.4 is 25.8 Å². The first-order valence-corrected chi connectivity index (χ1v) is 38.6. The zero-order valence-corrected chi connectivity index (χ0v) is 68.7. The molecule has 0 fully saturated rings. The highest BCUT2D eigenvalue weighted by Gasteiger charge is 2.16. The second-order valence-corrected chi connectivity index (χ2v) is 23.7. The minimum Gasteiger partial charge on any atom is -0.478 e. The number of aromatic nitrogens is 14. The molecule has 0 aliphatic rings. The number of nitrogens with one attached hydrogen (secondary N) is 5. The van der Waals surface area contributed by atoms with Gasteiger partial charge in [-0.25, -0.2) is 19.7 Å². The molecule has 15 aromatic rings. The molecule has 4 amide bonds. The Morgan fingerprint density at radius 1 is 0.487 bits per heavy atom. The van der Waals surface area contributed by atoms with Crippen molar-refractivity contribution >= 4 is 69.0 Å². The summed E-state index contributed by atoms with van der Waals surface area (Å²) in [5.74, 6) is 14.7. The van der Waals surface area contributed by atoms with Gasteiger partial charge in [0.25, 0.3) is 30.0 Å². The number of aromatic carboxylic acids is 1. The molecular weight excluding hydrogens is 1470 g/mol. The first kappa shape index (κ1) is 89.1. The smallest absolute Gasteiger partial charge is 0.337 e. The van der Waals surface area contributed by atoms with Crippen LogP contribution in [-0.2, 0) is 6.54 Å². The van der Waals surface area contributed by atoms with Gasteiger partial charge in [0.2, 0.25) is 11.6 Å². The second kappa shape index (κ2) is 46.0. The summed E-state index contributed by atoms with van der Waals surface area (Å²) < 4.78 is 10.8. The molecule has 0 bridgehead atoms. The molecule has 0 radical (unpaired) electrons. The van der Waals surface area contributed by atoms with Gasteiger partial charge in [0.15, 0.2) is 22.3 Å². The van der Waals surface area contributed by atoms with E-state index in [2.05, 4.69) is 97.4 Å². The summed E-state index contributed by atoms with van der Waals surface area (Å²) in [6.45, 7) is 26.7. The van der Waals surface area contributed by atoms with Gasteiger partial charge < -0.3 is 45.0 Å². The maximum Gasteiger partial charge on any atom is 0.337 e. The molecule has 0 aliphatic carbocycles. The quantitative estimate of drug-likeness (QED) is 0.0462. The van der Waals surface area contributed by atoms with Crippen LogP contribution in [0.4, 0.5) is 17.1 Å². The van der Waals surface area contributed by atoms with Crippen molar-refractivity contribution < 1.29 is 33.6 Å². The van der Waals surface area contributed by atoms with Crippen LogP contribution in [0, 0.1) is 42.6 Å². The van der Waals surface area contributed by atoms with Crippen LogP contribution in [0.15, 0.2) is 256 Å². The Bertz CT molecular complexity index is 5990. The summed E-state index contributed by atoms with van der Waals surface area (Å²) in [7, 11) is 5.52. The molecule has 0 saturated heterocycles. The monoisotopic (exact) mass is 1560 g/mol. The van der Waals surface area contributed by atoms with Gasteiger partial charge in [0, 0.05) is 117 Å². The van der Waals surface area contributed by atoms with Crippen molar-refractivity contribution in [1.82, 2.24) is 73.3 Å². The number of amides is 4. The number of H-pyrrole nitrogens is 1. The minimum absolute atomic E-state index is 0.00712. The average Bonchev–Trinajstić information content (AvgIpc) is 1.68. The molecule has 117 heavy (non-hydrogen) atoms. The van der Waals surface area contributed by atoms with Crippen LogP contribution >= 0.6 is 0 Å². The molecular formula is C92H98N19O6+. The average molecular weight is 1570 g/mol. The summed E-state index contributed by atoms with van der Waals surface area (Å²) in [6, 6.07) is 66.0. The Kier molecular flexibility index (Phi) is 35.0. The fourth-order valence-corrected chi connectivity index (χ4v) is 10.9. The lowest BCUT2D eigenvalue weighted by Crippen LogP contribution is -2.25. The highest BCUT2D eigenvalue weighted by atomic mass is 16.4. The lowest BCUT2D eigenvalue weighted by Gasteiger charge is -2.13. The number of fused-ring (bicyclic) bond motifs is 3. The molecule has 6 N–H and O–H groups in total. The molecule has 25 heteroatoms. The number of para-hydroxylation sites is 2. The van der Waals surface area contributed by atoms with Crippen LogP contribution in [0.3, 0.4) is 0 Å². The van der Waals surface area contributed by atoms with Gasteiger partial charge in [-0.3, -0.25) is 23.6 Å². The summed E-state index contributed by atoms with van der Waals surface area (Å²) in [5, 5.41) is 40.7. The summed E-state index contributed by atoms with van der Waals surface area (Å²) >= 11 is 0. The number of pyridine rings is 1. The molecule has 0 spiro atoms. The van der Waals surface area contributed by atoms with Crippen LogP contribution in [0.25, 0.3) is 39.4 Å². The van der Waals surface area contributed by atoms with Crippen molar-refractivity contribution in [2.75, 3.05) is 37.1 Å².